The number of aromatic nitrogens is 1. The third kappa shape index (κ3) is 3.42. The van der Waals surface area contributed by atoms with E-state index < -0.39 is 16.0 Å². The second kappa shape index (κ2) is 6.70. The molecule has 0 amide bonds. The number of hydrogen-bond donors (Lipinski definition) is 1. The Bertz CT molecular complexity index is 1060. The van der Waals surface area contributed by atoms with Crippen molar-refractivity contribution in [3.63, 3.8) is 0 Å². The number of esters is 1. The Labute approximate surface area is 149 Å². The Morgan fingerprint density at radius 3 is 2.64 bits per heavy atom. The Balaban J connectivity index is 2.01. The van der Waals surface area contributed by atoms with Crippen molar-refractivity contribution in [3.8, 4) is 0 Å². The number of benzene rings is 2. The largest absolute Gasteiger partial charge is 0.465 e. The van der Waals surface area contributed by atoms with Crippen LogP contribution in [0.25, 0.3) is 10.9 Å². The van der Waals surface area contributed by atoms with Crippen LogP contribution in [0.3, 0.4) is 0 Å². The average Bonchev–Trinajstić information content (AvgIpc) is 2.60. The molecule has 0 radical (unpaired) electrons. The first kappa shape index (κ1) is 17.2. The maximum absolute atomic E-state index is 12.7. The topological polar surface area (TPSA) is 85.4 Å². The molecule has 0 bridgehead atoms. The fraction of sp³-hybridized carbons (Fsp3) is 0.0588. The molecule has 128 valence electrons. The zero-order valence-corrected chi connectivity index (χ0v) is 14.6. The van der Waals surface area contributed by atoms with Crippen LogP contribution in [-0.4, -0.2) is 26.5 Å². The molecule has 0 unspecified atom stereocenters. The van der Waals surface area contributed by atoms with Crippen LogP contribution in [0.15, 0.2) is 59.6 Å². The van der Waals surface area contributed by atoms with Gasteiger partial charge in [-0.05, 0) is 30.3 Å². The quantitative estimate of drug-likeness (QED) is 0.704. The summed E-state index contributed by atoms with van der Waals surface area (Å²) >= 11 is 6.06. The Morgan fingerprint density at radius 1 is 1.16 bits per heavy atom. The van der Waals surface area contributed by atoms with Crippen molar-refractivity contribution in [1.82, 2.24) is 4.98 Å². The van der Waals surface area contributed by atoms with E-state index in [1.165, 1.54) is 25.3 Å². The zero-order valence-electron chi connectivity index (χ0n) is 13.1. The highest BCUT2D eigenvalue weighted by Crippen LogP contribution is 2.28. The number of nitrogens with one attached hydrogen (secondary N) is 1. The van der Waals surface area contributed by atoms with Gasteiger partial charge in [0.25, 0.3) is 10.0 Å². The second-order valence-corrected chi connectivity index (χ2v) is 7.18. The van der Waals surface area contributed by atoms with Gasteiger partial charge >= 0.3 is 5.97 Å². The number of methoxy groups -OCH3 is 1. The summed E-state index contributed by atoms with van der Waals surface area (Å²) < 4.78 is 32.4. The summed E-state index contributed by atoms with van der Waals surface area (Å²) in [5.74, 6) is -0.600. The number of ether oxygens (including phenoxy) is 1. The van der Waals surface area contributed by atoms with E-state index in [1.54, 1.807) is 24.4 Å². The SMILES string of the molecule is COC(=O)c1ccc(S(=O)(=O)Nc2cccc3cccnc23)c(Cl)c1. The number of nitrogens with zero attached hydrogens (tertiary/aromatic N) is 1. The summed E-state index contributed by atoms with van der Waals surface area (Å²) in [7, 11) is -2.73. The van der Waals surface area contributed by atoms with E-state index in [9.17, 15) is 13.2 Å². The van der Waals surface area contributed by atoms with Crippen molar-refractivity contribution in [1.29, 1.82) is 0 Å². The van der Waals surface area contributed by atoms with Crippen molar-refractivity contribution in [2.24, 2.45) is 0 Å². The lowest BCUT2D eigenvalue weighted by molar-refractivity contribution is 0.0600. The molecule has 3 rings (SSSR count). The van der Waals surface area contributed by atoms with Crippen LogP contribution >= 0.6 is 11.6 Å². The summed E-state index contributed by atoms with van der Waals surface area (Å²) in [6.45, 7) is 0. The van der Waals surface area contributed by atoms with E-state index in [0.29, 0.717) is 11.2 Å². The lowest BCUT2D eigenvalue weighted by Gasteiger charge is -2.11. The summed E-state index contributed by atoms with van der Waals surface area (Å²) in [4.78, 5) is 15.6. The number of para-hydroxylation sites is 1. The van der Waals surface area contributed by atoms with E-state index in [1.807, 2.05) is 12.1 Å². The van der Waals surface area contributed by atoms with Gasteiger partial charge in [-0.1, -0.05) is 29.8 Å². The van der Waals surface area contributed by atoms with E-state index in [2.05, 4.69) is 14.4 Å². The van der Waals surface area contributed by atoms with Crippen LogP contribution in [0.2, 0.25) is 5.02 Å². The van der Waals surface area contributed by atoms with Crippen molar-refractivity contribution >= 4 is 44.2 Å². The molecule has 0 fully saturated rings. The molecule has 0 aliphatic rings. The molecule has 1 heterocycles. The molecule has 0 atom stereocenters. The van der Waals surface area contributed by atoms with Crippen LogP contribution < -0.4 is 4.72 Å². The minimum Gasteiger partial charge on any atom is -0.465 e. The van der Waals surface area contributed by atoms with Gasteiger partial charge in [-0.25, -0.2) is 13.2 Å². The monoisotopic (exact) mass is 376 g/mol. The minimum absolute atomic E-state index is 0.0800. The highest BCUT2D eigenvalue weighted by molar-refractivity contribution is 7.92. The number of pyridine rings is 1. The van der Waals surface area contributed by atoms with Crippen molar-refractivity contribution in [2.75, 3.05) is 11.8 Å². The smallest absolute Gasteiger partial charge is 0.337 e. The summed E-state index contributed by atoms with van der Waals surface area (Å²) in [5, 5.41) is 0.721. The molecule has 8 heteroatoms. The van der Waals surface area contributed by atoms with Crippen molar-refractivity contribution in [2.45, 2.75) is 4.90 Å². The Kier molecular flexibility index (Phi) is 4.61. The number of carbonyl (C=O) groups is 1. The summed E-state index contributed by atoms with van der Waals surface area (Å²) in [6.07, 6.45) is 1.58. The van der Waals surface area contributed by atoms with Gasteiger partial charge in [0.05, 0.1) is 28.9 Å². The highest BCUT2D eigenvalue weighted by Gasteiger charge is 2.21. The van der Waals surface area contributed by atoms with Crippen molar-refractivity contribution in [3.05, 3.63) is 65.3 Å². The Hall–Kier alpha value is -2.64. The highest BCUT2D eigenvalue weighted by atomic mass is 35.5. The van der Waals surface area contributed by atoms with Crippen LogP contribution in [0, 0.1) is 0 Å². The lowest BCUT2D eigenvalue weighted by Crippen LogP contribution is -2.14. The normalized spacial score (nSPS) is 11.3. The van der Waals surface area contributed by atoms with Crippen molar-refractivity contribution < 1.29 is 17.9 Å². The first-order chi connectivity index (χ1) is 11.9. The number of carbonyl (C=O) groups excluding carboxylic acids is 1. The fourth-order valence-electron chi connectivity index (χ4n) is 2.35. The standard InChI is InChI=1S/C17H13ClN2O4S/c1-24-17(21)12-7-8-15(13(18)10-12)25(22,23)20-14-6-2-4-11-5-3-9-19-16(11)14/h2-10,20H,1H3. The van der Waals surface area contributed by atoms with Gasteiger partial charge in [0.1, 0.15) is 4.90 Å². The molecule has 25 heavy (non-hydrogen) atoms. The molecule has 6 nitrogen and oxygen atoms in total. The molecule has 0 saturated heterocycles. The molecular weight excluding hydrogens is 364 g/mol. The number of sulfonamides is 1. The van der Waals surface area contributed by atoms with Gasteiger partial charge in [0.2, 0.25) is 0 Å². The summed E-state index contributed by atoms with van der Waals surface area (Å²) in [6, 6.07) is 12.6. The van der Waals surface area contributed by atoms with Gasteiger partial charge in [-0.3, -0.25) is 9.71 Å². The number of rotatable bonds is 4. The number of fused-ring (bicyclic) bond motifs is 1. The number of halogens is 1. The molecule has 2 aromatic carbocycles. The van der Waals surface area contributed by atoms with Gasteiger partial charge in [0, 0.05) is 11.6 Å². The van der Waals surface area contributed by atoms with E-state index in [0.717, 1.165) is 5.39 Å². The average molecular weight is 377 g/mol. The van der Waals surface area contributed by atoms with E-state index in [4.69, 9.17) is 11.6 Å². The molecule has 0 spiro atoms. The van der Waals surface area contributed by atoms with Gasteiger partial charge in [-0.2, -0.15) is 0 Å². The fourth-order valence-corrected chi connectivity index (χ4v) is 3.96. The van der Waals surface area contributed by atoms with Crippen LogP contribution in [0.1, 0.15) is 10.4 Å². The predicted octanol–water partition coefficient (Wildman–Crippen LogP) is 3.48. The molecule has 1 N–H and O–H groups in total. The third-order valence-electron chi connectivity index (χ3n) is 3.52. The van der Waals surface area contributed by atoms with Gasteiger partial charge < -0.3 is 4.74 Å². The summed E-state index contributed by atoms with van der Waals surface area (Å²) in [5.41, 5.74) is 1.03. The van der Waals surface area contributed by atoms with Crippen LogP contribution in [-0.2, 0) is 14.8 Å². The molecular formula is C17H13ClN2O4S. The lowest BCUT2D eigenvalue weighted by atomic mass is 10.2. The van der Waals surface area contributed by atoms with Crippen LogP contribution in [0.4, 0.5) is 5.69 Å². The first-order valence-electron chi connectivity index (χ1n) is 7.17. The molecule has 0 saturated carbocycles. The predicted molar refractivity (Wildman–Crippen MR) is 95.3 cm³/mol. The maximum atomic E-state index is 12.7. The minimum atomic E-state index is -3.96. The van der Waals surface area contributed by atoms with Crippen LogP contribution in [0.5, 0.6) is 0 Å². The molecule has 1 aromatic heterocycles. The van der Waals surface area contributed by atoms with Gasteiger partial charge in [0.15, 0.2) is 0 Å². The maximum Gasteiger partial charge on any atom is 0.337 e. The molecule has 0 aliphatic carbocycles. The molecule has 0 aliphatic heterocycles. The third-order valence-corrected chi connectivity index (χ3v) is 5.37. The first-order valence-corrected chi connectivity index (χ1v) is 9.03. The van der Waals surface area contributed by atoms with Gasteiger partial charge in [-0.15, -0.1) is 0 Å². The molecule has 3 aromatic rings. The number of hydrogen-bond acceptors (Lipinski definition) is 5. The number of anilines is 1. The zero-order chi connectivity index (χ0) is 18.0. The Morgan fingerprint density at radius 2 is 1.92 bits per heavy atom. The van der Waals surface area contributed by atoms with E-state index in [-0.39, 0.29) is 15.5 Å². The van der Waals surface area contributed by atoms with E-state index >= 15 is 0 Å². The second-order valence-electron chi connectivity index (χ2n) is 5.12.